The standard InChI is InChI=1S/C20H26ClN3O3S/c1-27-19-9-4-3-8-18(19)24-15-13-23(14-16-24)12-6-11-22-28(25,26)20-10-5-2-7-17(20)21/h2-5,7-10,22H,6,11-16H2,1H3. The van der Waals surface area contributed by atoms with Crippen molar-refractivity contribution in [2.75, 3.05) is 51.3 Å². The van der Waals surface area contributed by atoms with Crippen LogP contribution in [0.4, 0.5) is 5.69 Å². The van der Waals surface area contributed by atoms with Crippen LogP contribution in [0, 0.1) is 0 Å². The van der Waals surface area contributed by atoms with Crippen LogP contribution in [0.25, 0.3) is 0 Å². The van der Waals surface area contributed by atoms with Gasteiger partial charge in [-0.15, -0.1) is 0 Å². The lowest BCUT2D eigenvalue weighted by Gasteiger charge is -2.36. The highest BCUT2D eigenvalue weighted by molar-refractivity contribution is 7.89. The molecule has 1 aliphatic rings. The Morgan fingerprint density at radius 3 is 2.43 bits per heavy atom. The molecular weight excluding hydrogens is 398 g/mol. The molecule has 1 heterocycles. The SMILES string of the molecule is COc1ccccc1N1CCN(CCCNS(=O)(=O)c2ccccc2Cl)CC1. The summed E-state index contributed by atoms with van der Waals surface area (Å²) >= 11 is 5.99. The summed E-state index contributed by atoms with van der Waals surface area (Å²) in [6.45, 7) is 4.97. The molecule has 28 heavy (non-hydrogen) atoms. The van der Waals surface area contributed by atoms with Gasteiger partial charge in [-0.1, -0.05) is 35.9 Å². The monoisotopic (exact) mass is 423 g/mol. The van der Waals surface area contributed by atoms with Crippen LogP contribution in [0.3, 0.4) is 0 Å². The Balaban J connectivity index is 1.43. The van der Waals surface area contributed by atoms with Crippen LogP contribution >= 0.6 is 11.6 Å². The average molecular weight is 424 g/mol. The van der Waals surface area contributed by atoms with Crippen molar-refractivity contribution < 1.29 is 13.2 Å². The van der Waals surface area contributed by atoms with Gasteiger partial charge in [0, 0.05) is 32.7 Å². The molecule has 6 nitrogen and oxygen atoms in total. The lowest BCUT2D eigenvalue weighted by Crippen LogP contribution is -2.47. The van der Waals surface area contributed by atoms with Crippen molar-refractivity contribution in [1.82, 2.24) is 9.62 Å². The molecule has 1 fully saturated rings. The normalized spacial score (nSPS) is 15.6. The highest BCUT2D eigenvalue weighted by atomic mass is 35.5. The molecule has 0 aromatic heterocycles. The molecule has 0 aliphatic carbocycles. The van der Waals surface area contributed by atoms with Gasteiger partial charge in [0.15, 0.2) is 0 Å². The topological polar surface area (TPSA) is 61.9 Å². The third kappa shape index (κ3) is 5.17. The zero-order valence-electron chi connectivity index (χ0n) is 16.0. The number of methoxy groups -OCH3 is 1. The number of para-hydroxylation sites is 2. The number of halogens is 1. The molecule has 0 unspecified atom stereocenters. The van der Waals surface area contributed by atoms with Gasteiger partial charge in [0.1, 0.15) is 10.6 Å². The van der Waals surface area contributed by atoms with E-state index in [1.807, 2.05) is 18.2 Å². The van der Waals surface area contributed by atoms with Gasteiger partial charge in [-0.3, -0.25) is 4.90 Å². The first kappa shape index (κ1) is 20.9. The van der Waals surface area contributed by atoms with Gasteiger partial charge in [-0.2, -0.15) is 0 Å². The maximum absolute atomic E-state index is 12.3. The molecule has 1 saturated heterocycles. The molecule has 1 aliphatic heterocycles. The molecule has 3 rings (SSSR count). The minimum atomic E-state index is -3.57. The molecule has 0 amide bonds. The van der Waals surface area contributed by atoms with Crippen LogP contribution in [0.1, 0.15) is 6.42 Å². The molecule has 0 saturated carbocycles. The Hall–Kier alpha value is -1.80. The Bertz CT molecular complexity index is 884. The van der Waals surface area contributed by atoms with Crippen LogP contribution in [0.15, 0.2) is 53.4 Å². The fourth-order valence-electron chi connectivity index (χ4n) is 3.35. The number of anilines is 1. The Labute approximate surface area is 172 Å². The van der Waals surface area contributed by atoms with Crippen LogP contribution in [0.2, 0.25) is 5.02 Å². The van der Waals surface area contributed by atoms with Crippen molar-refractivity contribution in [2.24, 2.45) is 0 Å². The molecule has 152 valence electrons. The number of nitrogens with zero attached hydrogens (tertiary/aromatic N) is 2. The van der Waals surface area contributed by atoms with E-state index in [2.05, 4.69) is 20.6 Å². The molecule has 2 aromatic carbocycles. The van der Waals surface area contributed by atoms with E-state index >= 15 is 0 Å². The van der Waals surface area contributed by atoms with E-state index in [-0.39, 0.29) is 9.92 Å². The first-order chi connectivity index (χ1) is 13.5. The second-order valence-electron chi connectivity index (χ2n) is 6.68. The highest BCUT2D eigenvalue weighted by Gasteiger charge is 2.20. The molecule has 0 radical (unpaired) electrons. The summed E-state index contributed by atoms with van der Waals surface area (Å²) in [5.74, 6) is 0.893. The maximum atomic E-state index is 12.3. The third-order valence-electron chi connectivity index (χ3n) is 4.87. The number of ether oxygens (including phenoxy) is 1. The predicted octanol–water partition coefficient (Wildman–Crippen LogP) is 2.84. The van der Waals surface area contributed by atoms with Gasteiger partial charge >= 0.3 is 0 Å². The molecule has 1 N–H and O–H groups in total. The molecule has 0 atom stereocenters. The summed E-state index contributed by atoms with van der Waals surface area (Å²) in [6, 6.07) is 14.5. The summed E-state index contributed by atoms with van der Waals surface area (Å²) in [5, 5.41) is 0.238. The van der Waals surface area contributed by atoms with Crippen molar-refractivity contribution in [1.29, 1.82) is 0 Å². The molecule has 8 heteroatoms. The molecule has 2 aromatic rings. The maximum Gasteiger partial charge on any atom is 0.242 e. The molecule has 0 spiro atoms. The average Bonchev–Trinajstić information content (AvgIpc) is 2.72. The summed E-state index contributed by atoms with van der Waals surface area (Å²) in [6.07, 6.45) is 0.748. The van der Waals surface area contributed by atoms with Gasteiger partial charge in [0.2, 0.25) is 10.0 Å². The number of nitrogens with one attached hydrogen (secondary N) is 1. The second kappa shape index (κ2) is 9.60. The first-order valence-electron chi connectivity index (χ1n) is 9.36. The minimum absolute atomic E-state index is 0.127. The minimum Gasteiger partial charge on any atom is -0.495 e. The number of piperazine rings is 1. The van der Waals surface area contributed by atoms with Crippen LogP contribution < -0.4 is 14.4 Å². The van der Waals surface area contributed by atoms with E-state index in [1.54, 1.807) is 25.3 Å². The predicted molar refractivity (Wildman–Crippen MR) is 113 cm³/mol. The van der Waals surface area contributed by atoms with Crippen molar-refractivity contribution in [3.8, 4) is 5.75 Å². The van der Waals surface area contributed by atoms with E-state index < -0.39 is 10.0 Å². The fraction of sp³-hybridized carbons (Fsp3) is 0.400. The summed E-state index contributed by atoms with van der Waals surface area (Å²) in [4.78, 5) is 4.81. The van der Waals surface area contributed by atoms with Crippen molar-refractivity contribution in [2.45, 2.75) is 11.3 Å². The van der Waals surface area contributed by atoms with Gasteiger partial charge < -0.3 is 9.64 Å². The Morgan fingerprint density at radius 1 is 1.04 bits per heavy atom. The van der Waals surface area contributed by atoms with E-state index in [4.69, 9.17) is 16.3 Å². The number of benzene rings is 2. The van der Waals surface area contributed by atoms with Gasteiger partial charge in [-0.25, -0.2) is 13.1 Å². The molecular formula is C20H26ClN3O3S. The lowest BCUT2D eigenvalue weighted by molar-refractivity contribution is 0.254. The van der Waals surface area contributed by atoms with E-state index in [0.717, 1.165) is 50.6 Å². The highest BCUT2D eigenvalue weighted by Crippen LogP contribution is 2.28. The smallest absolute Gasteiger partial charge is 0.242 e. The van der Waals surface area contributed by atoms with Crippen LogP contribution in [0.5, 0.6) is 5.75 Å². The number of hydrogen-bond acceptors (Lipinski definition) is 5. The van der Waals surface area contributed by atoms with Crippen molar-refractivity contribution in [3.63, 3.8) is 0 Å². The van der Waals surface area contributed by atoms with Crippen molar-refractivity contribution in [3.05, 3.63) is 53.6 Å². The lowest BCUT2D eigenvalue weighted by atomic mass is 10.2. The van der Waals surface area contributed by atoms with Gasteiger partial charge in [0.25, 0.3) is 0 Å². The summed E-state index contributed by atoms with van der Waals surface area (Å²) in [7, 11) is -1.88. The fourth-order valence-corrected chi connectivity index (χ4v) is 4.94. The van der Waals surface area contributed by atoms with E-state index in [0.29, 0.717) is 6.54 Å². The Kier molecular flexibility index (Phi) is 7.18. The van der Waals surface area contributed by atoms with E-state index in [1.165, 1.54) is 6.07 Å². The van der Waals surface area contributed by atoms with Crippen molar-refractivity contribution >= 4 is 27.3 Å². The summed E-state index contributed by atoms with van der Waals surface area (Å²) in [5.41, 5.74) is 1.12. The van der Waals surface area contributed by atoms with E-state index in [9.17, 15) is 8.42 Å². The van der Waals surface area contributed by atoms with Gasteiger partial charge in [-0.05, 0) is 37.2 Å². The number of hydrogen-bond donors (Lipinski definition) is 1. The number of rotatable bonds is 8. The Morgan fingerprint density at radius 2 is 1.71 bits per heavy atom. The quantitative estimate of drug-likeness (QED) is 0.661. The number of sulfonamides is 1. The zero-order chi connectivity index (χ0) is 20.0. The molecule has 0 bridgehead atoms. The van der Waals surface area contributed by atoms with Gasteiger partial charge in [0.05, 0.1) is 17.8 Å². The third-order valence-corrected chi connectivity index (χ3v) is 6.83. The zero-order valence-corrected chi connectivity index (χ0v) is 17.5. The van der Waals surface area contributed by atoms with Crippen LogP contribution in [-0.4, -0.2) is 59.7 Å². The van der Waals surface area contributed by atoms with Crippen LogP contribution in [-0.2, 0) is 10.0 Å². The first-order valence-corrected chi connectivity index (χ1v) is 11.2. The largest absolute Gasteiger partial charge is 0.495 e. The summed E-state index contributed by atoms with van der Waals surface area (Å²) < 4.78 is 32.8. The second-order valence-corrected chi connectivity index (χ2v) is 8.82.